The van der Waals surface area contributed by atoms with Crippen molar-refractivity contribution in [3.63, 3.8) is 0 Å². The van der Waals surface area contributed by atoms with Crippen LogP contribution in [0.3, 0.4) is 0 Å². The zero-order chi connectivity index (χ0) is 41.0. The van der Waals surface area contributed by atoms with E-state index in [1.807, 2.05) is 6.07 Å². The Bertz CT molecular complexity index is 3640. The van der Waals surface area contributed by atoms with Crippen molar-refractivity contribution in [1.82, 2.24) is 0 Å². The van der Waals surface area contributed by atoms with Crippen LogP contribution in [0.2, 0.25) is 0 Å². The number of fused-ring (bicyclic) bond motifs is 7. The molecule has 0 radical (unpaired) electrons. The molecule has 12 rings (SSSR count). The van der Waals surface area contributed by atoms with Crippen molar-refractivity contribution in [3.05, 3.63) is 237 Å². The fraction of sp³-hybridized carbons (Fsp3) is 0. The molecule has 290 valence electrons. The maximum atomic E-state index is 6.37. The average Bonchev–Trinajstić information content (AvgIpc) is 3.73. The topological polar surface area (TPSA) is 16.4 Å². The van der Waals surface area contributed by atoms with Gasteiger partial charge in [-0.15, -0.1) is 0 Å². The van der Waals surface area contributed by atoms with Gasteiger partial charge in [-0.25, -0.2) is 0 Å². The van der Waals surface area contributed by atoms with Gasteiger partial charge in [0.05, 0.1) is 5.69 Å². The van der Waals surface area contributed by atoms with Gasteiger partial charge in [0.1, 0.15) is 11.2 Å². The molecule has 2 nitrogen and oxygen atoms in total. The lowest BCUT2D eigenvalue weighted by atomic mass is 9.91. The molecule has 0 spiro atoms. The fourth-order valence-electron chi connectivity index (χ4n) is 9.47. The molecule has 0 bridgehead atoms. The van der Waals surface area contributed by atoms with E-state index in [1.165, 1.54) is 49.0 Å². The molecular formula is C60H39NO. The summed E-state index contributed by atoms with van der Waals surface area (Å²) in [4.78, 5) is 2.44. The molecule has 0 amide bonds. The Balaban J connectivity index is 1.09. The summed E-state index contributed by atoms with van der Waals surface area (Å²) < 4.78 is 6.37. The Hall–Kier alpha value is -8.20. The smallest absolute Gasteiger partial charge is 0.136 e. The number of nitrogens with zero attached hydrogens (tertiary/aromatic N) is 1. The van der Waals surface area contributed by atoms with Crippen LogP contribution >= 0.6 is 0 Å². The predicted octanol–water partition coefficient (Wildman–Crippen LogP) is 17.2. The number of hydrogen-bond donors (Lipinski definition) is 0. The van der Waals surface area contributed by atoms with Crippen LogP contribution in [0, 0.1) is 0 Å². The predicted molar refractivity (Wildman–Crippen MR) is 263 cm³/mol. The molecule has 0 saturated carbocycles. The Labute approximate surface area is 360 Å². The number of para-hydroxylation sites is 1. The molecule has 0 unspecified atom stereocenters. The first kappa shape index (κ1) is 35.7. The lowest BCUT2D eigenvalue weighted by Crippen LogP contribution is -2.11. The van der Waals surface area contributed by atoms with Crippen LogP contribution in [-0.2, 0) is 0 Å². The van der Waals surface area contributed by atoms with Gasteiger partial charge in [0.2, 0.25) is 0 Å². The molecular weight excluding hydrogens is 751 g/mol. The first-order valence-electron chi connectivity index (χ1n) is 21.2. The largest absolute Gasteiger partial charge is 0.456 e. The minimum absolute atomic E-state index is 0.886. The molecule has 0 N–H and O–H groups in total. The van der Waals surface area contributed by atoms with Gasteiger partial charge in [0.25, 0.3) is 0 Å². The third-order valence-electron chi connectivity index (χ3n) is 12.4. The van der Waals surface area contributed by atoms with E-state index in [0.717, 1.165) is 66.8 Å². The summed E-state index contributed by atoms with van der Waals surface area (Å²) in [5.41, 5.74) is 14.3. The van der Waals surface area contributed by atoms with Crippen LogP contribution in [0.1, 0.15) is 0 Å². The van der Waals surface area contributed by atoms with E-state index in [4.69, 9.17) is 4.42 Å². The highest BCUT2D eigenvalue weighted by atomic mass is 16.3. The Kier molecular flexibility index (Phi) is 8.53. The second kappa shape index (κ2) is 14.8. The zero-order valence-electron chi connectivity index (χ0n) is 33.9. The minimum Gasteiger partial charge on any atom is -0.456 e. The van der Waals surface area contributed by atoms with Crippen LogP contribution in [0.5, 0.6) is 0 Å². The van der Waals surface area contributed by atoms with E-state index in [2.05, 4.69) is 235 Å². The summed E-state index contributed by atoms with van der Waals surface area (Å²) >= 11 is 0. The molecule has 0 fully saturated rings. The van der Waals surface area contributed by atoms with Crippen molar-refractivity contribution < 1.29 is 4.42 Å². The molecule has 1 aromatic heterocycles. The van der Waals surface area contributed by atoms with Crippen molar-refractivity contribution in [1.29, 1.82) is 0 Å². The molecule has 0 aliphatic rings. The van der Waals surface area contributed by atoms with E-state index in [-0.39, 0.29) is 0 Å². The Morgan fingerprint density at radius 3 is 1.76 bits per heavy atom. The van der Waals surface area contributed by atoms with Crippen molar-refractivity contribution in [2.24, 2.45) is 0 Å². The second-order valence-electron chi connectivity index (χ2n) is 16.1. The third-order valence-corrected chi connectivity index (χ3v) is 12.4. The zero-order valence-corrected chi connectivity index (χ0v) is 33.9. The van der Waals surface area contributed by atoms with Crippen molar-refractivity contribution in [2.75, 3.05) is 4.90 Å². The number of benzene rings is 11. The molecule has 11 aromatic carbocycles. The van der Waals surface area contributed by atoms with E-state index in [0.29, 0.717) is 0 Å². The van der Waals surface area contributed by atoms with Crippen LogP contribution in [0.4, 0.5) is 17.1 Å². The summed E-state index contributed by atoms with van der Waals surface area (Å²) in [7, 11) is 0. The quantitative estimate of drug-likeness (QED) is 0.150. The molecule has 0 atom stereocenters. The summed E-state index contributed by atoms with van der Waals surface area (Å²) in [6, 6.07) is 85.7. The maximum Gasteiger partial charge on any atom is 0.136 e. The van der Waals surface area contributed by atoms with Gasteiger partial charge in [0.15, 0.2) is 0 Å². The molecule has 12 aromatic rings. The number of anilines is 3. The van der Waals surface area contributed by atoms with Crippen LogP contribution < -0.4 is 4.90 Å². The van der Waals surface area contributed by atoms with Crippen molar-refractivity contribution >= 4 is 71.3 Å². The maximum absolute atomic E-state index is 6.37. The molecule has 0 aliphatic heterocycles. The summed E-state index contributed by atoms with van der Waals surface area (Å²) in [5, 5.41) is 9.70. The summed E-state index contributed by atoms with van der Waals surface area (Å²) in [5.74, 6) is 0. The highest BCUT2D eigenvalue weighted by Crippen LogP contribution is 2.46. The normalized spacial score (nSPS) is 11.5. The first-order chi connectivity index (χ1) is 30.7. The number of rotatable bonds is 7. The van der Waals surface area contributed by atoms with E-state index in [1.54, 1.807) is 0 Å². The molecule has 1 heterocycles. The molecule has 62 heavy (non-hydrogen) atoms. The summed E-state index contributed by atoms with van der Waals surface area (Å²) in [6.45, 7) is 0. The monoisotopic (exact) mass is 789 g/mol. The van der Waals surface area contributed by atoms with E-state index < -0.39 is 0 Å². The van der Waals surface area contributed by atoms with Crippen LogP contribution in [-0.4, -0.2) is 0 Å². The third kappa shape index (κ3) is 6.12. The van der Waals surface area contributed by atoms with Crippen LogP contribution in [0.25, 0.3) is 98.8 Å². The molecule has 0 saturated heterocycles. The number of furan rings is 1. The van der Waals surface area contributed by atoms with Crippen LogP contribution in [0.15, 0.2) is 241 Å². The lowest BCUT2D eigenvalue weighted by molar-refractivity contribution is 0.669. The van der Waals surface area contributed by atoms with Gasteiger partial charge in [-0.2, -0.15) is 0 Å². The van der Waals surface area contributed by atoms with Crippen molar-refractivity contribution in [2.45, 2.75) is 0 Å². The first-order valence-corrected chi connectivity index (χ1v) is 21.2. The second-order valence-corrected chi connectivity index (χ2v) is 16.1. The van der Waals surface area contributed by atoms with Gasteiger partial charge in [-0.05, 0) is 126 Å². The Morgan fingerprint density at radius 2 is 0.903 bits per heavy atom. The summed E-state index contributed by atoms with van der Waals surface area (Å²) in [6.07, 6.45) is 0. The standard InChI is InChI=1S/C60H39NO/c1-2-15-42(16-3-1)51-35-32-47(56-38-46-18-6-7-21-50(46)53-22-8-9-23-54(53)56)39-57(51)61(48-33-30-41(31-34-48)44-29-28-40-14-4-5-17-43(40)36-44)49-20-12-19-45(37-49)52-25-13-27-59-60(52)55-24-10-11-26-58(55)62-59/h1-39H. The van der Waals surface area contributed by atoms with Gasteiger partial charge < -0.3 is 9.32 Å². The Morgan fingerprint density at radius 1 is 0.274 bits per heavy atom. The lowest BCUT2D eigenvalue weighted by Gasteiger charge is -2.29. The van der Waals surface area contributed by atoms with Gasteiger partial charge in [-0.3, -0.25) is 0 Å². The van der Waals surface area contributed by atoms with Gasteiger partial charge in [0, 0.05) is 27.7 Å². The van der Waals surface area contributed by atoms with Crippen molar-refractivity contribution in [3.8, 4) is 44.5 Å². The highest BCUT2D eigenvalue weighted by Gasteiger charge is 2.21. The fourth-order valence-corrected chi connectivity index (χ4v) is 9.47. The van der Waals surface area contributed by atoms with E-state index in [9.17, 15) is 0 Å². The molecule has 0 aliphatic carbocycles. The van der Waals surface area contributed by atoms with Gasteiger partial charge >= 0.3 is 0 Å². The van der Waals surface area contributed by atoms with Gasteiger partial charge in [-0.1, -0.05) is 182 Å². The average molecular weight is 790 g/mol. The minimum atomic E-state index is 0.886. The molecule has 2 heteroatoms. The SMILES string of the molecule is c1ccc(-c2ccc(-c3cc4ccccc4c4ccccc34)cc2N(c2ccc(-c3ccc4ccccc4c3)cc2)c2cccc(-c3cccc4oc5ccccc5c34)c2)cc1. The highest BCUT2D eigenvalue weighted by molar-refractivity contribution is 6.15. The number of hydrogen-bond acceptors (Lipinski definition) is 2. The van der Waals surface area contributed by atoms with E-state index >= 15 is 0 Å².